The van der Waals surface area contributed by atoms with Crippen molar-refractivity contribution >= 4 is 39.8 Å². The van der Waals surface area contributed by atoms with E-state index in [9.17, 15) is 8.42 Å². The number of guanidine groups is 1. The van der Waals surface area contributed by atoms with Crippen LogP contribution < -0.4 is 10.1 Å². The Kier molecular flexibility index (Phi) is 8.03. The lowest BCUT2D eigenvalue weighted by Gasteiger charge is -2.21. The van der Waals surface area contributed by atoms with E-state index in [1.54, 1.807) is 13.2 Å². The molecule has 1 atom stereocenters. The highest BCUT2D eigenvalue weighted by Crippen LogP contribution is 2.16. The Morgan fingerprint density at radius 2 is 2.30 bits per heavy atom. The van der Waals surface area contributed by atoms with Crippen molar-refractivity contribution in [3.05, 3.63) is 24.4 Å². The van der Waals surface area contributed by atoms with Crippen LogP contribution in [0.25, 0.3) is 0 Å². The average molecular weight is 454 g/mol. The molecule has 1 aromatic heterocycles. The molecule has 1 fully saturated rings. The maximum absolute atomic E-state index is 11.2. The van der Waals surface area contributed by atoms with Gasteiger partial charge < -0.3 is 15.0 Å². The van der Waals surface area contributed by atoms with Crippen LogP contribution in [0.15, 0.2) is 29.4 Å². The van der Waals surface area contributed by atoms with Gasteiger partial charge in [0.05, 0.1) is 12.3 Å². The van der Waals surface area contributed by atoms with E-state index in [0.29, 0.717) is 24.9 Å². The lowest BCUT2D eigenvalue weighted by Crippen LogP contribution is -2.42. The van der Waals surface area contributed by atoms with Gasteiger partial charge in [-0.1, -0.05) is 6.07 Å². The van der Waals surface area contributed by atoms with Crippen LogP contribution in [0.5, 0.6) is 5.88 Å². The van der Waals surface area contributed by atoms with Crippen molar-refractivity contribution in [3.63, 3.8) is 0 Å². The molecule has 2 heterocycles. The third-order valence-electron chi connectivity index (χ3n) is 3.34. The zero-order valence-electron chi connectivity index (χ0n) is 13.3. The SMILES string of the molecule is CN=C(NCCS(C)(=O)=O)N1CCC(Oc2ccccn2)C1.I. The summed E-state index contributed by atoms with van der Waals surface area (Å²) in [7, 11) is -1.28. The number of ether oxygens (including phenoxy) is 1. The topological polar surface area (TPSA) is 83.9 Å². The number of sulfone groups is 1. The number of pyridine rings is 1. The first-order valence-corrected chi connectivity index (χ1v) is 9.25. The lowest BCUT2D eigenvalue weighted by atomic mass is 10.3. The summed E-state index contributed by atoms with van der Waals surface area (Å²) in [5, 5.41) is 3.08. The minimum Gasteiger partial charge on any atom is -0.472 e. The minimum absolute atomic E-state index is 0. The van der Waals surface area contributed by atoms with Gasteiger partial charge in [-0.3, -0.25) is 4.99 Å². The molecular weight excluding hydrogens is 431 g/mol. The summed E-state index contributed by atoms with van der Waals surface area (Å²) in [6.45, 7) is 1.87. The highest BCUT2D eigenvalue weighted by molar-refractivity contribution is 14.0. The van der Waals surface area contributed by atoms with Gasteiger partial charge in [0, 0.05) is 45.1 Å². The summed E-state index contributed by atoms with van der Waals surface area (Å²) in [6, 6.07) is 5.57. The Hall–Kier alpha value is -1.10. The van der Waals surface area contributed by atoms with E-state index >= 15 is 0 Å². The van der Waals surface area contributed by atoms with Crippen molar-refractivity contribution in [1.29, 1.82) is 0 Å². The summed E-state index contributed by atoms with van der Waals surface area (Å²) in [4.78, 5) is 10.4. The zero-order valence-corrected chi connectivity index (χ0v) is 16.5. The van der Waals surface area contributed by atoms with Crippen LogP contribution in [-0.4, -0.2) is 69.1 Å². The van der Waals surface area contributed by atoms with Gasteiger partial charge in [0.1, 0.15) is 15.9 Å². The van der Waals surface area contributed by atoms with E-state index in [2.05, 4.69) is 20.2 Å². The van der Waals surface area contributed by atoms with Gasteiger partial charge >= 0.3 is 0 Å². The number of hydrogen-bond donors (Lipinski definition) is 1. The second kappa shape index (κ2) is 9.26. The van der Waals surface area contributed by atoms with Crippen molar-refractivity contribution in [2.45, 2.75) is 12.5 Å². The lowest BCUT2D eigenvalue weighted by molar-refractivity contribution is 0.205. The van der Waals surface area contributed by atoms with Crippen LogP contribution in [0.4, 0.5) is 0 Å². The molecule has 23 heavy (non-hydrogen) atoms. The summed E-state index contributed by atoms with van der Waals surface area (Å²) >= 11 is 0. The van der Waals surface area contributed by atoms with Gasteiger partial charge in [0.15, 0.2) is 5.96 Å². The van der Waals surface area contributed by atoms with Crippen molar-refractivity contribution in [2.24, 2.45) is 4.99 Å². The molecule has 1 N–H and O–H groups in total. The normalized spacial score (nSPS) is 18.4. The van der Waals surface area contributed by atoms with Gasteiger partial charge in [0.25, 0.3) is 0 Å². The summed E-state index contributed by atoms with van der Waals surface area (Å²) in [5.74, 6) is 1.42. The maximum Gasteiger partial charge on any atom is 0.213 e. The maximum atomic E-state index is 11.2. The standard InChI is InChI=1S/C14H22N4O3S.HI/c1-15-14(17-8-10-22(2,19)20)18-9-6-12(11-18)21-13-5-3-4-7-16-13;/h3-5,7,12H,6,8-11H2,1-2H3,(H,15,17);1H. The third-order valence-corrected chi connectivity index (χ3v) is 4.28. The van der Waals surface area contributed by atoms with Crippen LogP contribution in [0, 0.1) is 0 Å². The third kappa shape index (κ3) is 6.90. The van der Waals surface area contributed by atoms with E-state index in [-0.39, 0.29) is 35.8 Å². The fourth-order valence-electron chi connectivity index (χ4n) is 2.28. The van der Waals surface area contributed by atoms with Crippen molar-refractivity contribution in [3.8, 4) is 5.88 Å². The number of hydrogen-bond acceptors (Lipinski definition) is 5. The zero-order chi connectivity index (χ0) is 16.0. The van der Waals surface area contributed by atoms with E-state index in [1.807, 2.05) is 18.2 Å². The summed E-state index contributed by atoms with van der Waals surface area (Å²) < 4.78 is 28.1. The number of aromatic nitrogens is 1. The molecule has 1 aliphatic heterocycles. The number of rotatable bonds is 5. The molecule has 0 radical (unpaired) electrons. The van der Waals surface area contributed by atoms with E-state index in [4.69, 9.17) is 4.74 Å². The van der Waals surface area contributed by atoms with Crippen molar-refractivity contribution in [1.82, 2.24) is 15.2 Å². The monoisotopic (exact) mass is 454 g/mol. The second-order valence-electron chi connectivity index (χ2n) is 5.25. The molecule has 0 amide bonds. The summed E-state index contributed by atoms with van der Waals surface area (Å²) in [6.07, 6.45) is 3.87. The predicted octanol–water partition coefficient (Wildman–Crippen LogP) is 0.773. The van der Waals surface area contributed by atoms with Crippen molar-refractivity contribution in [2.75, 3.05) is 38.7 Å². The molecule has 0 aromatic carbocycles. The molecule has 7 nitrogen and oxygen atoms in total. The first-order chi connectivity index (χ1) is 10.5. The van der Waals surface area contributed by atoms with Gasteiger partial charge in [-0.15, -0.1) is 24.0 Å². The first-order valence-electron chi connectivity index (χ1n) is 7.19. The highest BCUT2D eigenvalue weighted by atomic mass is 127. The molecule has 0 aliphatic carbocycles. The van der Waals surface area contributed by atoms with Crippen LogP contribution in [0.1, 0.15) is 6.42 Å². The van der Waals surface area contributed by atoms with Gasteiger partial charge in [-0.05, 0) is 6.07 Å². The fourth-order valence-corrected chi connectivity index (χ4v) is 2.76. The van der Waals surface area contributed by atoms with E-state index in [1.165, 1.54) is 6.26 Å². The van der Waals surface area contributed by atoms with E-state index < -0.39 is 9.84 Å². The molecule has 130 valence electrons. The Morgan fingerprint density at radius 3 is 2.91 bits per heavy atom. The van der Waals surface area contributed by atoms with Crippen LogP contribution in [0.3, 0.4) is 0 Å². The number of nitrogens with one attached hydrogen (secondary N) is 1. The van der Waals surface area contributed by atoms with Crippen LogP contribution >= 0.6 is 24.0 Å². The Labute approximate surface area is 154 Å². The fraction of sp³-hybridized carbons (Fsp3) is 0.571. The number of aliphatic imine (C=N–C) groups is 1. The molecular formula is C14H23IN4O3S. The predicted molar refractivity (Wildman–Crippen MR) is 101 cm³/mol. The number of nitrogens with zero attached hydrogens (tertiary/aromatic N) is 3. The molecule has 1 aliphatic rings. The molecule has 0 bridgehead atoms. The molecule has 1 unspecified atom stereocenters. The van der Waals surface area contributed by atoms with Gasteiger partial charge in [-0.2, -0.15) is 0 Å². The van der Waals surface area contributed by atoms with Crippen LogP contribution in [-0.2, 0) is 9.84 Å². The quantitative estimate of drug-likeness (QED) is 0.402. The Balaban J connectivity index is 0.00000264. The Bertz CT molecular complexity index is 610. The Morgan fingerprint density at radius 1 is 1.52 bits per heavy atom. The second-order valence-corrected chi connectivity index (χ2v) is 7.51. The van der Waals surface area contributed by atoms with Gasteiger partial charge in [-0.25, -0.2) is 13.4 Å². The molecule has 0 spiro atoms. The molecule has 2 rings (SSSR count). The minimum atomic E-state index is -2.97. The average Bonchev–Trinajstić information content (AvgIpc) is 2.92. The first kappa shape index (κ1) is 19.9. The van der Waals surface area contributed by atoms with E-state index in [0.717, 1.165) is 13.0 Å². The van der Waals surface area contributed by atoms with Crippen LogP contribution in [0.2, 0.25) is 0 Å². The summed E-state index contributed by atoms with van der Waals surface area (Å²) in [5.41, 5.74) is 0. The smallest absolute Gasteiger partial charge is 0.213 e. The van der Waals surface area contributed by atoms with Gasteiger partial charge in [0.2, 0.25) is 5.88 Å². The molecule has 1 aromatic rings. The number of likely N-dealkylation sites (tertiary alicyclic amines) is 1. The molecule has 0 saturated carbocycles. The largest absolute Gasteiger partial charge is 0.472 e. The molecule has 1 saturated heterocycles. The molecule has 9 heteroatoms. The highest BCUT2D eigenvalue weighted by Gasteiger charge is 2.26. The number of halogens is 1. The van der Waals surface area contributed by atoms with Crippen molar-refractivity contribution < 1.29 is 13.2 Å².